The lowest BCUT2D eigenvalue weighted by molar-refractivity contribution is -0.301. The van der Waals surface area contributed by atoms with Crippen LogP contribution in [0.3, 0.4) is 0 Å². The summed E-state index contributed by atoms with van der Waals surface area (Å²) in [6.07, 6.45) is -6.44. The van der Waals surface area contributed by atoms with Crippen LogP contribution in [-0.2, 0) is 14.3 Å². The second kappa shape index (κ2) is 6.98. The van der Waals surface area contributed by atoms with E-state index in [0.29, 0.717) is 0 Å². The zero-order chi connectivity index (χ0) is 13.7. The molecule has 0 spiro atoms. The monoisotopic (exact) mass is 266 g/mol. The molecule has 5 atom stereocenters. The Kier molecular flexibility index (Phi) is 5.93. The van der Waals surface area contributed by atoms with Gasteiger partial charge in [0.05, 0.1) is 13.2 Å². The van der Waals surface area contributed by atoms with Gasteiger partial charge in [-0.2, -0.15) is 0 Å². The van der Waals surface area contributed by atoms with Crippen LogP contribution in [0.2, 0.25) is 0 Å². The number of carboxylic acid groups (broad SMARTS) is 1. The summed E-state index contributed by atoms with van der Waals surface area (Å²) < 4.78 is 10.1. The van der Waals surface area contributed by atoms with E-state index in [1.54, 1.807) is 0 Å². The molecule has 5 N–H and O–H groups in total. The molecule has 0 aromatic carbocycles. The van der Waals surface area contributed by atoms with Crippen LogP contribution in [0, 0.1) is 0 Å². The number of ether oxygens (including phenoxy) is 2. The fourth-order valence-electron chi connectivity index (χ4n) is 1.63. The van der Waals surface area contributed by atoms with Gasteiger partial charge in [0, 0.05) is 6.42 Å². The summed E-state index contributed by atoms with van der Waals surface area (Å²) in [7, 11) is 0. The minimum absolute atomic E-state index is 0.0228. The fourth-order valence-corrected chi connectivity index (χ4v) is 1.63. The van der Waals surface area contributed by atoms with Crippen molar-refractivity contribution >= 4 is 5.97 Å². The number of carboxylic acids is 1. The fraction of sp³-hybridized carbons (Fsp3) is 0.900. The topological polar surface area (TPSA) is 137 Å². The van der Waals surface area contributed by atoms with E-state index in [0.717, 1.165) is 0 Å². The van der Waals surface area contributed by atoms with Crippen LogP contribution < -0.4 is 0 Å². The molecule has 1 aliphatic rings. The molecule has 1 rings (SSSR count). The predicted molar refractivity (Wildman–Crippen MR) is 56.6 cm³/mol. The van der Waals surface area contributed by atoms with Gasteiger partial charge in [0.2, 0.25) is 0 Å². The first-order valence-corrected chi connectivity index (χ1v) is 5.61. The molecular formula is C10H18O8. The second-order valence-corrected chi connectivity index (χ2v) is 4.07. The number of aliphatic carboxylic acids is 1. The smallest absolute Gasteiger partial charge is 0.303 e. The zero-order valence-corrected chi connectivity index (χ0v) is 9.68. The average Bonchev–Trinajstić information content (AvgIpc) is 2.34. The first kappa shape index (κ1) is 15.3. The van der Waals surface area contributed by atoms with Crippen LogP contribution in [0.1, 0.15) is 12.8 Å². The molecule has 8 nitrogen and oxygen atoms in total. The van der Waals surface area contributed by atoms with Crippen LogP contribution in [-0.4, -0.2) is 75.4 Å². The van der Waals surface area contributed by atoms with Crippen molar-refractivity contribution in [3.8, 4) is 0 Å². The van der Waals surface area contributed by atoms with Crippen molar-refractivity contribution < 1.29 is 39.8 Å². The highest BCUT2D eigenvalue weighted by Gasteiger charge is 2.43. The third kappa shape index (κ3) is 3.87. The van der Waals surface area contributed by atoms with E-state index in [4.69, 9.17) is 19.7 Å². The quantitative estimate of drug-likeness (QED) is 0.337. The van der Waals surface area contributed by atoms with Gasteiger partial charge in [0.1, 0.15) is 24.4 Å². The van der Waals surface area contributed by atoms with Gasteiger partial charge >= 0.3 is 5.97 Å². The van der Waals surface area contributed by atoms with Gasteiger partial charge < -0.3 is 35.0 Å². The number of hydrogen-bond donors (Lipinski definition) is 5. The van der Waals surface area contributed by atoms with Crippen LogP contribution in [0.25, 0.3) is 0 Å². The molecule has 8 heteroatoms. The molecule has 1 aliphatic heterocycles. The Balaban J connectivity index is 2.41. The molecule has 0 radical (unpaired) electrons. The molecule has 1 fully saturated rings. The third-order valence-corrected chi connectivity index (χ3v) is 2.67. The number of carbonyl (C=O) groups is 1. The van der Waals surface area contributed by atoms with Crippen LogP contribution in [0.5, 0.6) is 0 Å². The van der Waals surface area contributed by atoms with Gasteiger partial charge in [-0.05, 0) is 6.42 Å². The first-order valence-electron chi connectivity index (χ1n) is 5.61. The van der Waals surface area contributed by atoms with Crippen molar-refractivity contribution in [3.63, 3.8) is 0 Å². The molecule has 1 heterocycles. The van der Waals surface area contributed by atoms with Gasteiger partial charge in [-0.1, -0.05) is 0 Å². The van der Waals surface area contributed by atoms with Gasteiger partial charge in [-0.25, -0.2) is 0 Å². The van der Waals surface area contributed by atoms with Crippen molar-refractivity contribution in [1.29, 1.82) is 0 Å². The Hall–Kier alpha value is -0.770. The summed E-state index contributed by atoms with van der Waals surface area (Å²) in [5, 5.41) is 45.8. The van der Waals surface area contributed by atoms with Crippen molar-refractivity contribution in [3.05, 3.63) is 0 Å². The zero-order valence-electron chi connectivity index (χ0n) is 9.68. The summed E-state index contributed by atoms with van der Waals surface area (Å²) in [6, 6.07) is 0. The number of aliphatic hydroxyl groups is 4. The molecule has 1 saturated heterocycles. The molecule has 0 bridgehead atoms. The number of hydrogen-bond acceptors (Lipinski definition) is 7. The molecule has 0 aromatic heterocycles. The van der Waals surface area contributed by atoms with Gasteiger partial charge in [-0.3, -0.25) is 4.79 Å². The first-order chi connectivity index (χ1) is 8.47. The summed E-state index contributed by atoms with van der Waals surface area (Å²) in [4.78, 5) is 10.3. The Morgan fingerprint density at radius 1 is 1.17 bits per heavy atom. The number of aliphatic hydroxyl groups excluding tert-OH is 4. The highest BCUT2D eigenvalue weighted by molar-refractivity contribution is 5.66. The SMILES string of the molecule is O=C(O)CCCO[C@@H]1OC(CO)[C@H](O)C(O)C1O. The van der Waals surface area contributed by atoms with E-state index in [1.807, 2.05) is 0 Å². The van der Waals surface area contributed by atoms with Crippen molar-refractivity contribution in [2.75, 3.05) is 13.2 Å². The van der Waals surface area contributed by atoms with Crippen LogP contribution in [0.4, 0.5) is 0 Å². The van der Waals surface area contributed by atoms with E-state index < -0.39 is 43.3 Å². The molecule has 106 valence electrons. The van der Waals surface area contributed by atoms with Crippen molar-refractivity contribution in [2.24, 2.45) is 0 Å². The van der Waals surface area contributed by atoms with E-state index >= 15 is 0 Å². The molecule has 18 heavy (non-hydrogen) atoms. The summed E-state index contributed by atoms with van der Waals surface area (Å²) >= 11 is 0. The second-order valence-electron chi connectivity index (χ2n) is 4.07. The van der Waals surface area contributed by atoms with Gasteiger partial charge in [0.25, 0.3) is 0 Å². The summed E-state index contributed by atoms with van der Waals surface area (Å²) in [5.74, 6) is -0.965. The Labute approximate surface area is 103 Å². The lowest BCUT2D eigenvalue weighted by Gasteiger charge is -2.39. The lowest BCUT2D eigenvalue weighted by atomic mass is 9.99. The highest BCUT2D eigenvalue weighted by Crippen LogP contribution is 2.21. The molecule has 3 unspecified atom stereocenters. The largest absolute Gasteiger partial charge is 0.481 e. The van der Waals surface area contributed by atoms with E-state index in [9.17, 15) is 20.1 Å². The third-order valence-electron chi connectivity index (χ3n) is 2.67. The van der Waals surface area contributed by atoms with Crippen LogP contribution in [0.15, 0.2) is 0 Å². The van der Waals surface area contributed by atoms with Crippen molar-refractivity contribution in [1.82, 2.24) is 0 Å². The average molecular weight is 266 g/mol. The standard InChI is InChI=1S/C10H18O8/c11-4-5-7(14)8(15)9(16)10(18-5)17-3-1-2-6(12)13/h5,7-11,14-16H,1-4H2,(H,12,13)/t5?,7-,8?,9?,10+/m0/s1. The Morgan fingerprint density at radius 2 is 1.83 bits per heavy atom. The highest BCUT2D eigenvalue weighted by atomic mass is 16.7. The maximum absolute atomic E-state index is 10.3. The Bertz CT molecular complexity index is 269. The van der Waals surface area contributed by atoms with Gasteiger partial charge in [0.15, 0.2) is 6.29 Å². The molecular weight excluding hydrogens is 248 g/mol. The predicted octanol–water partition coefficient (Wildman–Crippen LogP) is -2.33. The normalized spacial score (nSPS) is 36.6. The maximum atomic E-state index is 10.3. The summed E-state index contributed by atoms with van der Waals surface area (Å²) in [5.41, 5.74) is 0. The van der Waals surface area contributed by atoms with E-state index in [-0.39, 0.29) is 19.4 Å². The molecule has 0 aromatic rings. The lowest BCUT2D eigenvalue weighted by Crippen LogP contribution is -2.59. The van der Waals surface area contributed by atoms with E-state index in [2.05, 4.69) is 0 Å². The molecule has 0 amide bonds. The minimum atomic E-state index is -1.49. The minimum Gasteiger partial charge on any atom is -0.481 e. The van der Waals surface area contributed by atoms with E-state index in [1.165, 1.54) is 0 Å². The summed E-state index contributed by atoms with van der Waals surface area (Å²) in [6.45, 7) is -0.505. The molecule has 0 aliphatic carbocycles. The maximum Gasteiger partial charge on any atom is 0.303 e. The number of rotatable bonds is 6. The van der Waals surface area contributed by atoms with Crippen molar-refractivity contribution in [2.45, 2.75) is 43.5 Å². The Morgan fingerprint density at radius 3 is 2.39 bits per heavy atom. The van der Waals surface area contributed by atoms with Gasteiger partial charge in [-0.15, -0.1) is 0 Å². The molecule has 0 saturated carbocycles. The van der Waals surface area contributed by atoms with Crippen LogP contribution >= 0.6 is 0 Å².